The van der Waals surface area contributed by atoms with Crippen molar-refractivity contribution in [2.45, 2.75) is 84.2 Å². The number of aromatic nitrogens is 4. The van der Waals surface area contributed by atoms with E-state index in [4.69, 9.17) is 24.9 Å². The summed E-state index contributed by atoms with van der Waals surface area (Å²) in [4.78, 5) is 71.8. The summed E-state index contributed by atoms with van der Waals surface area (Å²) in [7, 11) is 2.56. The fourth-order valence-corrected chi connectivity index (χ4v) is 7.85. The van der Waals surface area contributed by atoms with E-state index in [1.807, 2.05) is 75.1 Å². The van der Waals surface area contributed by atoms with Crippen LogP contribution in [0, 0.1) is 29.6 Å². The number of H-pyrrole nitrogens is 2. The third-order valence-electron chi connectivity index (χ3n) is 11.1. The van der Waals surface area contributed by atoms with Crippen LogP contribution < -0.4 is 16.4 Å². The highest BCUT2D eigenvalue weighted by atomic mass is 16.5. The minimum absolute atomic E-state index is 0.126. The number of benzene rings is 2. The van der Waals surface area contributed by atoms with Gasteiger partial charge in [0, 0.05) is 37.2 Å². The van der Waals surface area contributed by atoms with Gasteiger partial charge in [-0.3, -0.25) is 9.59 Å². The predicted octanol–water partition coefficient (Wildman–Crippen LogP) is 5.03. The highest BCUT2D eigenvalue weighted by molar-refractivity contribution is 5.87. The molecule has 4 aromatic rings. The molecule has 6 rings (SSSR count). The van der Waals surface area contributed by atoms with Crippen molar-refractivity contribution in [1.82, 2.24) is 40.4 Å². The topological polar surface area (TPSA) is 210 Å². The van der Waals surface area contributed by atoms with E-state index in [1.54, 1.807) is 11.1 Å². The number of fused-ring (bicyclic) bond motifs is 1. The van der Waals surface area contributed by atoms with E-state index < -0.39 is 30.3 Å². The standard InChI is InChI=1S/C44H57N9O7/c1-25(2)37(50-43(56)58-6)41(54)52-23-27(5)19-35(52)39-46-22-34(49-39)30-14-11-28(12-15-30)9-10-29-13-16-32-33(20-29)48-40(47-32)36-21-31(60-18-8-17-45)24-53(36)42(55)38(26(3)4)51-44(57)59-7/h11-16,20,22,25-27,31,35-38H,8,17-19,21,23-24,45H2,1-7H3,(H,46,49)(H,47,48)(H,50,56)(H,51,57)/t27-,31-,35-,36-,37-,38-/m0/s1. The molecule has 16 nitrogen and oxygen atoms in total. The van der Waals surface area contributed by atoms with Gasteiger partial charge in [0.1, 0.15) is 23.7 Å². The van der Waals surface area contributed by atoms with Gasteiger partial charge in [0.15, 0.2) is 0 Å². The lowest BCUT2D eigenvalue weighted by Gasteiger charge is -2.30. The van der Waals surface area contributed by atoms with Crippen LogP contribution in [0.2, 0.25) is 0 Å². The summed E-state index contributed by atoms with van der Waals surface area (Å²) in [6, 6.07) is 11.5. The molecule has 4 heterocycles. The third-order valence-corrected chi connectivity index (χ3v) is 11.1. The number of ether oxygens (including phenoxy) is 3. The lowest BCUT2D eigenvalue weighted by molar-refractivity contribution is -0.136. The SMILES string of the molecule is COC(=O)N[C@H](C(=O)N1C[C@@H](C)C[C@H]1c1ncc(-c2ccc(C#Cc3ccc4nc([C@@H]5C[C@H](OCCCN)CN5C(=O)[C@@H](NC(=O)OC)C(C)C)[nH]c4c3)cc2)[nH]1)C(C)C. The molecular formula is C44H57N9O7. The highest BCUT2D eigenvalue weighted by Gasteiger charge is 2.43. The minimum atomic E-state index is -0.786. The van der Waals surface area contributed by atoms with Crippen LogP contribution >= 0.6 is 0 Å². The van der Waals surface area contributed by atoms with E-state index in [1.165, 1.54) is 14.2 Å². The number of carbonyl (C=O) groups excluding carboxylic acids is 4. The number of carbonyl (C=O) groups is 4. The molecule has 0 radical (unpaired) electrons. The number of nitrogens with two attached hydrogens (primary N) is 1. The van der Waals surface area contributed by atoms with E-state index in [9.17, 15) is 19.2 Å². The molecule has 6 atom stereocenters. The Balaban J connectivity index is 1.16. The Morgan fingerprint density at radius 3 is 2.05 bits per heavy atom. The molecule has 320 valence electrons. The van der Waals surface area contributed by atoms with Crippen LogP contribution in [0.25, 0.3) is 22.3 Å². The number of nitrogens with one attached hydrogen (secondary N) is 4. The summed E-state index contributed by atoms with van der Waals surface area (Å²) in [6.45, 7) is 11.6. The van der Waals surface area contributed by atoms with Crippen molar-refractivity contribution in [2.24, 2.45) is 23.5 Å². The van der Waals surface area contributed by atoms with Crippen LogP contribution in [0.15, 0.2) is 48.7 Å². The summed E-state index contributed by atoms with van der Waals surface area (Å²) in [5.74, 6) is 7.41. The third kappa shape index (κ3) is 10.1. The van der Waals surface area contributed by atoms with Gasteiger partial charge in [-0.2, -0.15) is 0 Å². The monoisotopic (exact) mass is 823 g/mol. The average Bonchev–Trinajstić information content (AvgIpc) is 4.06. The summed E-state index contributed by atoms with van der Waals surface area (Å²) in [6.07, 6.45) is 2.25. The van der Waals surface area contributed by atoms with Crippen molar-refractivity contribution in [3.63, 3.8) is 0 Å². The highest BCUT2D eigenvalue weighted by Crippen LogP contribution is 2.37. The fraction of sp³-hybridized carbons (Fsp3) is 0.500. The molecule has 0 aliphatic carbocycles. The fourth-order valence-electron chi connectivity index (χ4n) is 7.85. The number of likely N-dealkylation sites (tertiary alicyclic amines) is 2. The Kier molecular flexibility index (Phi) is 14.1. The van der Waals surface area contributed by atoms with E-state index in [-0.39, 0.29) is 41.7 Å². The van der Waals surface area contributed by atoms with Gasteiger partial charge in [0.25, 0.3) is 0 Å². The van der Waals surface area contributed by atoms with Gasteiger partial charge in [0.05, 0.1) is 55.3 Å². The average molecular weight is 824 g/mol. The molecule has 60 heavy (non-hydrogen) atoms. The van der Waals surface area contributed by atoms with Gasteiger partial charge in [-0.05, 0) is 73.0 Å². The molecule has 2 aliphatic rings. The normalized spacial score (nSPS) is 19.9. The zero-order chi connectivity index (χ0) is 43.1. The summed E-state index contributed by atoms with van der Waals surface area (Å²) < 4.78 is 15.7. The zero-order valence-electron chi connectivity index (χ0n) is 35.4. The van der Waals surface area contributed by atoms with Gasteiger partial charge in [-0.1, -0.05) is 58.6 Å². The maximum atomic E-state index is 14.0. The van der Waals surface area contributed by atoms with Crippen molar-refractivity contribution < 1.29 is 33.4 Å². The minimum Gasteiger partial charge on any atom is -0.453 e. The van der Waals surface area contributed by atoms with E-state index in [2.05, 4.69) is 44.4 Å². The number of nitrogens with zero attached hydrogens (tertiary/aromatic N) is 4. The number of aromatic amines is 2. The van der Waals surface area contributed by atoms with Crippen LogP contribution in [-0.4, -0.2) is 112 Å². The van der Waals surface area contributed by atoms with Crippen molar-refractivity contribution in [3.05, 3.63) is 71.4 Å². The number of methoxy groups -OCH3 is 2. The first-order chi connectivity index (χ1) is 28.8. The Morgan fingerprint density at radius 1 is 0.833 bits per heavy atom. The number of hydrogen-bond donors (Lipinski definition) is 5. The van der Waals surface area contributed by atoms with Crippen LogP contribution in [0.3, 0.4) is 0 Å². The number of amides is 4. The molecule has 2 aliphatic heterocycles. The molecule has 2 aromatic carbocycles. The lowest BCUT2D eigenvalue weighted by atomic mass is 10.0. The Morgan fingerprint density at radius 2 is 1.43 bits per heavy atom. The van der Waals surface area contributed by atoms with Crippen molar-refractivity contribution >= 4 is 35.0 Å². The first-order valence-electron chi connectivity index (χ1n) is 20.6. The Labute approximate surface area is 350 Å². The molecule has 4 amide bonds. The largest absolute Gasteiger partial charge is 0.453 e. The predicted molar refractivity (Wildman–Crippen MR) is 225 cm³/mol. The molecule has 0 bridgehead atoms. The smallest absolute Gasteiger partial charge is 0.407 e. The van der Waals surface area contributed by atoms with E-state index in [0.717, 1.165) is 39.8 Å². The zero-order valence-corrected chi connectivity index (χ0v) is 35.4. The first-order valence-corrected chi connectivity index (χ1v) is 20.6. The molecule has 2 saturated heterocycles. The summed E-state index contributed by atoms with van der Waals surface area (Å²) >= 11 is 0. The maximum absolute atomic E-state index is 14.0. The second kappa shape index (κ2) is 19.4. The molecule has 0 spiro atoms. The van der Waals surface area contributed by atoms with Crippen molar-refractivity contribution in [3.8, 4) is 23.1 Å². The number of rotatable bonds is 13. The Hall–Kier alpha value is -5.92. The molecule has 0 saturated carbocycles. The second-order valence-electron chi connectivity index (χ2n) is 16.3. The van der Waals surface area contributed by atoms with Crippen LogP contribution in [0.5, 0.6) is 0 Å². The van der Waals surface area contributed by atoms with Crippen LogP contribution in [0.1, 0.15) is 88.7 Å². The van der Waals surface area contributed by atoms with E-state index in [0.29, 0.717) is 50.7 Å². The molecule has 2 aromatic heterocycles. The van der Waals surface area contributed by atoms with Crippen molar-refractivity contribution in [2.75, 3.05) is 40.5 Å². The molecule has 2 fully saturated rings. The van der Waals surface area contributed by atoms with Crippen LogP contribution in [-0.2, 0) is 23.8 Å². The second-order valence-corrected chi connectivity index (χ2v) is 16.3. The van der Waals surface area contributed by atoms with Gasteiger partial charge < -0.3 is 50.3 Å². The van der Waals surface area contributed by atoms with Gasteiger partial charge in [-0.15, -0.1) is 0 Å². The quantitative estimate of drug-likeness (QED) is 0.0897. The lowest BCUT2D eigenvalue weighted by Crippen LogP contribution is -2.51. The molecule has 0 unspecified atom stereocenters. The summed E-state index contributed by atoms with van der Waals surface area (Å²) in [5, 5.41) is 5.40. The van der Waals surface area contributed by atoms with E-state index >= 15 is 0 Å². The number of alkyl carbamates (subject to hydrolysis) is 2. The van der Waals surface area contributed by atoms with Gasteiger partial charge in [0.2, 0.25) is 11.8 Å². The summed E-state index contributed by atoms with van der Waals surface area (Å²) in [5.41, 5.74) is 10.6. The van der Waals surface area contributed by atoms with Gasteiger partial charge in [-0.25, -0.2) is 19.6 Å². The Bertz CT molecular complexity index is 2210. The van der Waals surface area contributed by atoms with Crippen molar-refractivity contribution in [1.29, 1.82) is 0 Å². The van der Waals surface area contributed by atoms with Crippen LogP contribution in [0.4, 0.5) is 9.59 Å². The number of imidazole rings is 2. The molecular weight excluding hydrogens is 767 g/mol. The molecule has 16 heteroatoms. The number of hydrogen-bond acceptors (Lipinski definition) is 10. The molecule has 6 N–H and O–H groups in total. The maximum Gasteiger partial charge on any atom is 0.407 e. The van der Waals surface area contributed by atoms with Gasteiger partial charge >= 0.3 is 12.2 Å². The first kappa shape index (κ1) is 43.7.